The van der Waals surface area contributed by atoms with Gasteiger partial charge in [-0.1, -0.05) is 0 Å². The van der Waals surface area contributed by atoms with Crippen LogP contribution >= 0.6 is 0 Å². The van der Waals surface area contributed by atoms with Gasteiger partial charge in [-0.05, 0) is 0 Å². The van der Waals surface area contributed by atoms with Gasteiger partial charge in [0.15, 0.2) is 0 Å². The molecule has 0 aromatic heterocycles. The quantitative estimate of drug-likeness (QED) is 0.566. The Morgan fingerprint density at radius 3 is 1.93 bits per heavy atom. The maximum Gasteiger partial charge on any atom is 0.471 e. The number of hydrogen-bond acceptors (Lipinski definition) is 1. The third-order valence-corrected chi connectivity index (χ3v) is 2.02. The Bertz CT molecular complexity index is 227. The van der Waals surface area contributed by atoms with Crippen molar-refractivity contribution < 1.29 is 26.7 Å². The molecule has 0 N–H and O–H groups in total. The van der Waals surface area contributed by atoms with Gasteiger partial charge in [0.1, 0.15) is 0 Å². The normalized spacial score (nSPS) is 22.2. The third kappa shape index (κ3) is 2.55. The molecule has 0 saturated carbocycles. The summed E-state index contributed by atoms with van der Waals surface area (Å²) in [5, 5.41) is 0. The second-order valence-electron chi connectivity index (χ2n) is 3.15. The Morgan fingerprint density at radius 1 is 1.14 bits per heavy atom. The molecular formula is C7H8F5NO. The number of hydrogen-bond donors (Lipinski definition) is 0. The number of carbonyl (C=O) groups excluding carboxylic acids is 1. The van der Waals surface area contributed by atoms with Gasteiger partial charge in [-0.25, -0.2) is 8.78 Å². The fourth-order valence-corrected chi connectivity index (χ4v) is 1.22. The van der Waals surface area contributed by atoms with E-state index in [9.17, 15) is 26.7 Å². The minimum Gasteiger partial charge on any atom is -0.334 e. The number of likely N-dealkylation sites (tertiary alicyclic amines) is 1. The average Bonchev–Trinajstić information content (AvgIpc) is 2.01. The van der Waals surface area contributed by atoms with Gasteiger partial charge in [-0.3, -0.25) is 4.79 Å². The Labute approximate surface area is 76.7 Å². The largest absolute Gasteiger partial charge is 0.471 e. The van der Waals surface area contributed by atoms with Crippen LogP contribution < -0.4 is 0 Å². The second-order valence-corrected chi connectivity index (χ2v) is 3.15. The van der Waals surface area contributed by atoms with E-state index in [1.165, 1.54) is 0 Å². The zero-order chi connectivity index (χ0) is 11.0. The molecule has 0 spiro atoms. The number of carbonyl (C=O) groups is 1. The molecular weight excluding hydrogens is 209 g/mol. The summed E-state index contributed by atoms with van der Waals surface area (Å²) >= 11 is 0. The minimum absolute atomic E-state index is 0.414. The van der Waals surface area contributed by atoms with Crippen LogP contribution in [0.15, 0.2) is 0 Å². The molecule has 0 bridgehead atoms. The summed E-state index contributed by atoms with van der Waals surface area (Å²) in [7, 11) is 0. The lowest BCUT2D eigenvalue weighted by atomic mass is 10.1. The maximum atomic E-state index is 12.5. The zero-order valence-corrected chi connectivity index (χ0v) is 7.07. The first-order chi connectivity index (χ1) is 6.22. The van der Waals surface area contributed by atoms with E-state index in [2.05, 4.69) is 0 Å². The van der Waals surface area contributed by atoms with Crippen molar-refractivity contribution in [3.8, 4) is 0 Å². The molecule has 1 rings (SSSR count). The van der Waals surface area contributed by atoms with Crippen LogP contribution in [0.5, 0.6) is 0 Å². The molecule has 0 aliphatic carbocycles. The van der Waals surface area contributed by atoms with Gasteiger partial charge in [0.05, 0.1) is 0 Å². The van der Waals surface area contributed by atoms with Crippen molar-refractivity contribution in [1.82, 2.24) is 4.90 Å². The second kappa shape index (κ2) is 3.36. The molecule has 0 atom stereocenters. The van der Waals surface area contributed by atoms with Gasteiger partial charge in [-0.15, -0.1) is 0 Å². The highest BCUT2D eigenvalue weighted by molar-refractivity contribution is 5.81. The lowest BCUT2D eigenvalue weighted by molar-refractivity contribution is -0.189. The first-order valence-corrected chi connectivity index (χ1v) is 3.96. The lowest BCUT2D eigenvalue weighted by Gasteiger charge is -2.31. The van der Waals surface area contributed by atoms with E-state index in [1.54, 1.807) is 0 Å². The van der Waals surface area contributed by atoms with Crippen molar-refractivity contribution in [3.05, 3.63) is 0 Å². The number of piperidine rings is 1. The molecule has 1 saturated heterocycles. The third-order valence-electron chi connectivity index (χ3n) is 2.02. The predicted octanol–water partition coefficient (Wildman–Crippen LogP) is 1.81. The summed E-state index contributed by atoms with van der Waals surface area (Å²) < 4.78 is 60.6. The van der Waals surface area contributed by atoms with Gasteiger partial charge < -0.3 is 4.90 Å². The van der Waals surface area contributed by atoms with Crippen LogP contribution in [0.4, 0.5) is 22.0 Å². The van der Waals surface area contributed by atoms with Crippen LogP contribution in [0.3, 0.4) is 0 Å². The van der Waals surface area contributed by atoms with Crippen molar-refractivity contribution in [2.24, 2.45) is 0 Å². The van der Waals surface area contributed by atoms with E-state index in [0.29, 0.717) is 4.90 Å². The average molecular weight is 217 g/mol. The van der Waals surface area contributed by atoms with Crippen molar-refractivity contribution >= 4 is 5.91 Å². The summed E-state index contributed by atoms with van der Waals surface area (Å²) in [6.45, 7) is -1.07. The van der Waals surface area contributed by atoms with Crippen LogP contribution in [0.1, 0.15) is 12.8 Å². The van der Waals surface area contributed by atoms with E-state index < -0.39 is 43.9 Å². The smallest absolute Gasteiger partial charge is 0.334 e. The van der Waals surface area contributed by atoms with Gasteiger partial charge >= 0.3 is 12.1 Å². The first-order valence-electron chi connectivity index (χ1n) is 3.96. The van der Waals surface area contributed by atoms with E-state index >= 15 is 0 Å². The van der Waals surface area contributed by atoms with E-state index in [4.69, 9.17) is 0 Å². The number of nitrogens with zero attached hydrogens (tertiary/aromatic N) is 1. The highest BCUT2D eigenvalue weighted by Gasteiger charge is 2.45. The standard InChI is InChI=1S/C7H8F5NO/c8-6(9)1-3-13(4-2-6)5(14)7(10,11)12/h1-4H2. The van der Waals surface area contributed by atoms with Crippen LogP contribution in [-0.4, -0.2) is 36.0 Å². The van der Waals surface area contributed by atoms with Crippen LogP contribution in [0.2, 0.25) is 0 Å². The van der Waals surface area contributed by atoms with E-state index in [1.807, 2.05) is 0 Å². The number of halogens is 5. The number of amides is 1. The summed E-state index contributed by atoms with van der Waals surface area (Å²) in [5.74, 6) is -4.98. The highest BCUT2D eigenvalue weighted by Crippen LogP contribution is 2.29. The molecule has 2 nitrogen and oxygen atoms in total. The SMILES string of the molecule is O=C(N1CCC(F)(F)CC1)C(F)(F)F. The Hall–Kier alpha value is -0.880. The molecule has 1 aliphatic rings. The summed E-state index contributed by atoms with van der Waals surface area (Å²) in [4.78, 5) is 11.0. The summed E-state index contributed by atoms with van der Waals surface area (Å²) in [6, 6.07) is 0. The topological polar surface area (TPSA) is 20.3 Å². The van der Waals surface area contributed by atoms with Crippen molar-refractivity contribution in [2.45, 2.75) is 24.9 Å². The number of rotatable bonds is 0. The molecule has 7 heteroatoms. The highest BCUT2D eigenvalue weighted by atomic mass is 19.4. The fourth-order valence-electron chi connectivity index (χ4n) is 1.22. The van der Waals surface area contributed by atoms with Crippen LogP contribution in [0.25, 0.3) is 0 Å². The van der Waals surface area contributed by atoms with Crippen LogP contribution in [-0.2, 0) is 4.79 Å². The van der Waals surface area contributed by atoms with Crippen molar-refractivity contribution in [1.29, 1.82) is 0 Å². The Kier molecular flexibility index (Phi) is 2.69. The van der Waals surface area contributed by atoms with Gasteiger partial charge in [0.2, 0.25) is 0 Å². The van der Waals surface area contributed by atoms with E-state index in [0.717, 1.165) is 0 Å². The monoisotopic (exact) mass is 217 g/mol. The molecule has 1 amide bonds. The zero-order valence-electron chi connectivity index (χ0n) is 7.07. The lowest BCUT2D eigenvalue weighted by Crippen LogP contribution is -2.47. The molecule has 14 heavy (non-hydrogen) atoms. The molecule has 82 valence electrons. The van der Waals surface area contributed by atoms with Crippen LogP contribution in [0, 0.1) is 0 Å². The molecule has 1 aliphatic heterocycles. The molecule has 0 aromatic rings. The van der Waals surface area contributed by atoms with E-state index in [-0.39, 0.29) is 0 Å². The Morgan fingerprint density at radius 2 is 1.57 bits per heavy atom. The molecule has 0 radical (unpaired) electrons. The van der Waals surface area contributed by atoms with Crippen molar-refractivity contribution in [2.75, 3.05) is 13.1 Å². The van der Waals surface area contributed by atoms with Gasteiger partial charge in [-0.2, -0.15) is 13.2 Å². The predicted molar refractivity (Wildman–Crippen MR) is 36.8 cm³/mol. The Balaban J connectivity index is 2.55. The molecule has 0 aromatic carbocycles. The molecule has 1 fully saturated rings. The van der Waals surface area contributed by atoms with Crippen molar-refractivity contribution in [3.63, 3.8) is 0 Å². The molecule has 0 unspecified atom stereocenters. The number of alkyl halides is 5. The van der Waals surface area contributed by atoms with Gasteiger partial charge in [0.25, 0.3) is 5.92 Å². The fraction of sp³-hybridized carbons (Fsp3) is 0.857. The first kappa shape index (κ1) is 11.2. The summed E-state index contributed by atoms with van der Waals surface area (Å²) in [6.07, 6.45) is -6.36. The maximum absolute atomic E-state index is 12.5. The summed E-state index contributed by atoms with van der Waals surface area (Å²) in [5.41, 5.74) is 0. The molecule has 1 heterocycles. The minimum atomic E-state index is -4.97. The van der Waals surface area contributed by atoms with Gasteiger partial charge in [0, 0.05) is 25.9 Å².